The Hall–Kier alpha value is -5.16. The van der Waals surface area contributed by atoms with Gasteiger partial charge in [-0.05, 0) is 98.8 Å². The number of benzene rings is 5. The van der Waals surface area contributed by atoms with Gasteiger partial charge >= 0.3 is 0 Å². The van der Waals surface area contributed by atoms with Gasteiger partial charge in [0.05, 0.1) is 74.1 Å². The fourth-order valence-electron chi connectivity index (χ4n) is 5.07. The largest absolute Gasteiger partial charge is 0.322 e. The number of amides is 4. The predicted molar refractivity (Wildman–Crippen MR) is 243 cm³/mol. The molecular formula is C40H26Cl8N8O6. The monoisotopic (exact) mass is 994 g/mol. The summed E-state index contributed by atoms with van der Waals surface area (Å²) < 4.78 is 0. The van der Waals surface area contributed by atoms with E-state index in [1.807, 2.05) is 0 Å². The molecule has 14 nitrogen and oxygen atoms in total. The number of carbonyl (C=O) groups is 6. The average molecular weight is 998 g/mol. The highest BCUT2D eigenvalue weighted by molar-refractivity contribution is 6.46. The van der Waals surface area contributed by atoms with Crippen LogP contribution in [0.4, 0.5) is 34.1 Å². The number of ketones is 2. The number of rotatable bonds is 14. The topological polar surface area (TPSA) is 200 Å². The lowest BCUT2D eigenvalue weighted by atomic mass is 10.1. The third-order valence-electron chi connectivity index (χ3n) is 8.19. The molecule has 5 aromatic carbocycles. The molecule has 2 unspecified atom stereocenters. The van der Waals surface area contributed by atoms with Crippen LogP contribution in [-0.4, -0.2) is 47.3 Å². The van der Waals surface area contributed by atoms with Gasteiger partial charge in [0.2, 0.25) is 12.1 Å². The van der Waals surface area contributed by atoms with E-state index in [1.165, 1.54) is 84.9 Å². The molecule has 5 rings (SSSR count). The van der Waals surface area contributed by atoms with Crippen molar-refractivity contribution in [3.63, 3.8) is 0 Å². The van der Waals surface area contributed by atoms with Crippen molar-refractivity contribution in [3.8, 4) is 0 Å². The molecule has 0 heterocycles. The predicted octanol–water partition coefficient (Wildman–Crippen LogP) is 12.8. The van der Waals surface area contributed by atoms with E-state index in [2.05, 4.69) is 41.7 Å². The molecule has 0 spiro atoms. The van der Waals surface area contributed by atoms with Gasteiger partial charge in [0.15, 0.2) is 11.6 Å². The van der Waals surface area contributed by atoms with Gasteiger partial charge in [-0.25, -0.2) is 0 Å². The molecular weight excluding hydrogens is 972 g/mol. The maximum absolute atomic E-state index is 13.3. The maximum Gasteiger partial charge on any atom is 0.258 e. The zero-order valence-electron chi connectivity index (χ0n) is 31.5. The van der Waals surface area contributed by atoms with E-state index >= 15 is 0 Å². The standard InChI is InChI=1S/C40H26Cl8N8O6/c1-17(57)35(55-53-21-5-7-25(41)23(13-21)37(59)49-19-3-9-27(43)29(45)15-19)39(61)51-31-11-12-32(34(48)33(31)47)52-40(62)36(18(2)58)56-54-22-6-8-26(42)24(14-22)38(60)50-20-4-10-28(44)30(46)16-20/h3-16,35-36H,1-2H3,(H,49,59)(H,50,60)(H,51,61)(H,52,62). The summed E-state index contributed by atoms with van der Waals surface area (Å²) in [5, 5.41) is 26.6. The highest BCUT2D eigenvalue weighted by Gasteiger charge is 2.27. The molecule has 0 aliphatic heterocycles. The van der Waals surface area contributed by atoms with Crippen LogP contribution in [-0.2, 0) is 19.2 Å². The summed E-state index contributed by atoms with van der Waals surface area (Å²) in [7, 11) is 0. The molecule has 318 valence electrons. The molecule has 5 aromatic rings. The van der Waals surface area contributed by atoms with E-state index in [0.717, 1.165) is 13.8 Å². The van der Waals surface area contributed by atoms with Crippen molar-refractivity contribution in [1.82, 2.24) is 0 Å². The van der Waals surface area contributed by atoms with E-state index in [0.29, 0.717) is 21.4 Å². The Morgan fingerprint density at radius 2 is 0.790 bits per heavy atom. The number of carbonyl (C=O) groups excluding carboxylic acids is 6. The van der Waals surface area contributed by atoms with Gasteiger partial charge in [0, 0.05) is 11.4 Å². The van der Waals surface area contributed by atoms with Crippen molar-refractivity contribution in [2.24, 2.45) is 20.5 Å². The van der Waals surface area contributed by atoms with Crippen molar-refractivity contribution in [3.05, 3.63) is 136 Å². The van der Waals surface area contributed by atoms with E-state index in [4.69, 9.17) is 92.8 Å². The molecule has 0 aliphatic carbocycles. The number of nitrogens with one attached hydrogen (secondary N) is 4. The minimum Gasteiger partial charge on any atom is -0.322 e. The molecule has 0 aliphatic rings. The van der Waals surface area contributed by atoms with Crippen LogP contribution in [0.5, 0.6) is 0 Å². The first-order chi connectivity index (χ1) is 29.3. The Balaban J connectivity index is 1.25. The zero-order valence-corrected chi connectivity index (χ0v) is 37.5. The molecule has 22 heteroatoms. The molecule has 4 amide bonds. The van der Waals surface area contributed by atoms with Crippen LogP contribution in [0, 0.1) is 0 Å². The quantitative estimate of drug-likeness (QED) is 0.0630. The van der Waals surface area contributed by atoms with E-state index < -0.39 is 47.3 Å². The van der Waals surface area contributed by atoms with Gasteiger partial charge in [-0.1, -0.05) is 92.8 Å². The third kappa shape index (κ3) is 12.3. The molecule has 4 N–H and O–H groups in total. The Morgan fingerprint density at radius 1 is 0.435 bits per heavy atom. The third-order valence-corrected chi connectivity index (χ3v) is 11.2. The molecule has 0 saturated carbocycles. The summed E-state index contributed by atoms with van der Waals surface area (Å²) in [4.78, 5) is 77.5. The Kier molecular flexibility index (Phi) is 16.4. The number of nitrogens with zero attached hydrogens (tertiary/aromatic N) is 4. The summed E-state index contributed by atoms with van der Waals surface area (Å²) in [5.41, 5.74) is 0.714. The van der Waals surface area contributed by atoms with Gasteiger partial charge in [0.25, 0.3) is 23.6 Å². The number of Topliss-reactive ketones (excluding diaryl/α,β-unsaturated/α-hetero) is 2. The Labute approximate surface area is 392 Å². The minimum absolute atomic E-state index is 0.00338. The first-order valence-corrected chi connectivity index (χ1v) is 20.4. The van der Waals surface area contributed by atoms with Gasteiger partial charge < -0.3 is 21.3 Å². The smallest absolute Gasteiger partial charge is 0.258 e. The van der Waals surface area contributed by atoms with Gasteiger partial charge in [0.1, 0.15) is 0 Å². The van der Waals surface area contributed by atoms with E-state index in [-0.39, 0.29) is 64.0 Å². The second-order valence-electron chi connectivity index (χ2n) is 12.7. The molecule has 62 heavy (non-hydrogen) atoms. The van der Waals surface area contributed by atoms with Crippen molar-refractivity contribution >= 4 is 162 Å². The second-order valence-corrected chi connectivity index (χ2v) is 15.9. The minimum atomic E-state index is -1.68. The highest BCUT2D eigenvalue weighted by atomic mass is 35.5. The lowest BCUT2D eigenvalue weighted by Gasteiger charge is -2.15. The highest BCUT2D eigenvalue weighted by Crippen LogP contribution is 2.37. The lowest BCUT2D eigenvalue weighted by Crippen LogP contribution is -2.32. The summed E-state index contributed by atoms with van der Waals surface area (Å²) in [6.45, 7) is 2.22. The van der Waals surface area contributed by atoms with Crippen LogP contribution < -0.4 is 21.3 Å². The number of anilines is 4. The van der Waals surface area contributed by atoms with Gasteiger partial charge in [-0.2, -0.15) is 20.5 Å². The molecule has 0 fully saturated rings. The van der Waals surface area contributed by atoms with Crippen LogP contribution in [0.3, 0.4) is 0 Å². The van der Waals surface area contributed by atoms with E-state index in [9.17, 15) is 28.8 Å². The SMILES string of the molecule is CC(=O)C(N=Nc1ccc(Cl)c(C(=O)Nc2ccc(Cl)c(Cl)c2)c1)C(=O)Nc1ccc(NC(=O)C(N=Nc2ccc(Cl)c(C(=O)Nc3ccc(Cl)c(Cl)c3)c2)C(C)=O)c(Cl)c1Cl. The van der Waals surface area contributed by atoms with Gasteiger partial charge in [-0.3, -0.25) is 28.8 Å². The van der Waals surface area contributed by atoms with Crippen LogP contribution in [0.25, 0.3) is 0 Å². The first kappa shape index (κ1) is 47.9. The lowest BCUT2D eigenvalue weighted by molar-refractivity contribution is -0.127. The summed E-state index contributed by atoms with van der Waals surface area (Å²) in [6, 6.07) is 16.3. The number of hydrogen-bond donors (Lipinski definition) is 4. The molecule has 2 atom stereocenters. The fraction of sp³-hybridized carbons (Fsp3) is 0.100. The fourth-order valence-corrected chi connectivity index (χ4v) is 6.50. The average Bonchev–Trinajstić information content (AvgIpc) is 3.21. The normalized spacial score (nSPS) is 12.2. The van der Waals surface area contributed by atoms with Crippen LogP contribution in [0.15, 0.2) is 105 Å². The van der Waals surface area contributed by atoms with Crippen LogP contribution in [0.2, 0.25) is 40.2 Å². The van der Waals surface area contributed by atoms with Crippen molar-refractivity contribution in [2.75, 3.05) is 21.3 Å². The van der Waals surface area contributed by atoms with Crippen molar-refractivity contribution in [2.45, 2.75) is 25.9 Å². The number of azo groups is 2. The summed E-state index contributed by atoms with van der Waals surface area (Å²) in [5.74, 6) is -4.52. The maximum atomic E-state index is 13.3. The Morgan fingerprint density at radius 3 is 1.13 bits per heavy atom. The summed E-state index contributed by atoms with van der Waals surface area (Å²) in [6.07, 6.45) is 0. The van der Waals surface area contributed by atoms with Crippen molar-refractivity contribution < 1.29 is 28.8 Å². The summed E-state index contributed by atoms with van der Waals surface area (Å²) >= 11 is 49.4. The second kappa shape index (κ2) is 21.3. The van der Waals surface area contributed by atoms with Crippen LogP contribution in [0.1, 0.15) is 34.6 Å². The number of halogens is 8. The Bertz CT molecular complexity index is 2530. The van der Waals surface area contributed by atoms with Crippen molar-refractivity contribution in [1.29, 1.82) is 0 Å². The molecule has 0 saturated heterocycles. The molecule has 0 radical (unpaired) electrons. The first-order valence-electron chi connectivity index (χ1n) is 17.4. The molecule has 0 aromatic heterocycles. The molecule has 0 bridgehead atoms. The number of hydrogen-bond acceptors (Lipinski definition) is 10. The van der Waals surface area contributed by atoms with E-state index in [1.54, 1.807) is 0 Å². The van der Waals surface area contributed by atoms with Crippen LogP contribution >= 0.6 is 92.8 Å². The zero-order chi connectivity index (χ0) is 45.4. The van der Waals surface area contributed by atoms with Gasteiger partial charge in [-0.15, -0.1) is 0 Å².